The molecule has 102 valence electrons. The van der Waals surface area contributed by atoms with Gasteiger partial charge in [-0.15, -0.1) is 0 Å². The Hall–Kier alpha value is -1.97. The smallest absolute Gasteiger partial charge is 0.124 e. The minimum Gasteiger partial charge on any atom is -0.494 e. The molecule has 1 heterocycles. The van der Waals surface area contributed by atoms with Crippen molar-refractivity contribution in [3.8, 4) is 5.75 Å². The molecule has 0 bridgehead atoms. The van der Waals surface area contributed by atoms with Crippen LogP contribution < -0.4 is 10.1 Å². The van der Waals surface area contributed by atoms with Gasteiger partial charge in [-0.2, -0.15) is 5.10 Å². The second kappa shape index (κ2) is 6.27. The van der Waals surface area contributed by atoms with Crippen molar-refractivity contribution in [3.63, 3.8) is 0 Å². The Morgan fingerprint density at radius 2 is 2.11 bits per heavy atom. The number of rotatable bonds is 6. The minimum atomic E-state index is 0.381. The van der Waals surface area contributed by atoms with Crippen LogP contribution in [0.5, 0.6) is 5.75 Å². The lowest BCUT2D eigenvalue weighted by molar-refractivity contribution is 0.337. The van der Waals surface area contributed by atoms with Gasteiger partial charge in [0.15, 0.2) is 0 Å². The third-order valence-corrected chi connectivity index (χ3v) is 2.89. The molecule has 0 spiro atoms. The highest BCUT2D eigenvalue weighted by molar-refractivity contribution is 5.42. The first-order chi connectivity index (χ1) is 9.20. The van der Waals surface area contributed by atoms with Crippen molar-refractivity contribution in [1.82, 2.24) is 9.78 Å². The van der Waals surface area contributed by atoms with E-state index in [4.69, 9.17) is 4.74 Å². The number of aromatic nitrogens is 2. The number of ether oxygens (including phenoxy) is 1. The van der Waals surface area contributed by atoms with E-state index in [2.05, 4.69) is 30.3 Å². The molecule has 0 amide bonds. The molecular weight excluding hydrogens is 238 g/mol. The maximum absolute atomic E-state index is 5.61. The number of nitrogens with one attached hydrogen (secondary N) is 1. The van der Waals surface area contributed by atoms with Crippen molar-refractivity contribution < 1.29 is 4.74 Å². The number of anilines is 1. The molecule has 0 unspecified atom stereocenters. The van der Waals surface area contributed by atoms with E-state index in [-0.39, 0.29) is 0 Å². The first-order valence-corrected chi connectivity index (χ1v) is 6.69. The van der Waals surface area contributed by atoms with Crippen LogP contribution in [0.4, 0.5) is 5.69 Å². The fourth-order valence-corrected chi connectivity index (χ4v) is 1.86. The van der Waals surface area contributed by atoms with E-state index in [1.165, 1.54) is 0 Å². The third-order valence-electron chi connectivity index (χ3n) is 2.89. The summed E-state index contributed by atoms with van der Waals surface area (Å²) in [6, 6.07) is 8.47. The zero-order valence-electron chi connectivity index (χ0n) is 11.8. The molecule has 0 aliphatic carbocycles. The Bertz CT molecular complexity index is 520. The Morgan fingerprint density at radius 1 is 1.32 bits per heavy atom. The zero-order valence-corrected chi connectivity index (χ0v) is 11.8. The van der Waals surface area contributed by atoms with Crippen molar-refractivity contribution in [2.24, 2.45) is 0 Å². The van der Waals surface area contributed by atoms with E-state index in [0.29, 0.717) is 12.6 Å². The summed E-state index contributed by atoms with van der Waals surface area (Å²) in [4.78, 5) is 0. The fourth-order valence-electron chi connectivity index (χ4n) is 1.86. The summed E-state index contributed by atoms with van der Waals surface area (Å²) < 4.78 is 7.55. The van der Waals surface area contributed by atoms with Crippen LogP contribution in [0.3, 0.4) is 0 Å². The zero-order chi connectivity index (χ0) is 13.7. The molecule has 2 aromatic rings. The molecule has 0 atom stereocenters. The highest BCUT2D eigenvalue weighted by Gasteiger charge is 2.04. The van der Waals surface area contributed by atoms with Gasteiger partial charge in [0.25, 0.3) is 0 Å². The van der Waals surface area contributed by atoms with Crippen LogP contribution in [-0.2, 0) is 6.54 Å². The quantitative estimate of drug-likeness (QED) is 0.863. The molecule has 1 N–H and O–H groups in total. The van der Waals surface area contributed by atoms with Crippen molar-refractivity contribution >= 4 is 5.69 Å². The first-order valence-electron chi connectivity index (χ1n) is 6.69. The van der Waals surface area contributed by atoms with Gasteiger partial charge in [0.2, 0.25) is 0 Å². The highest BCUT2D eigenvalue weighted by atomic mass is 16.5. The van der Waals surface area contributed by atoms with Gasteiger partial charge < -0.3 is 10.1 Å². The Labute approximate surface area is 114 Å². The van der Waals surface area contributed by atoms with E-state index in [0.717, 1.165) is 23.5 Å². The molecule has 1 aromatic carbocycles. The standard InChI is InChI=1S/C15H21N3O/c1-4-19-15-8-6-5-7-13(15)9-16-14-10-17-18(11-14)12(2)3/h5-8,10-12,16H,4,9H2,1-3H3. The highest BCUT2D eigenvalue weighted by Crippen LogP contribution is 2.19. The van der Waals surface area contributed by atoms with Gasteiger partial charge >= 0.3 is 0 Å². The third kappa shape index (κ3) is 3.50. The lowest BCUT2D eigenvalue weighted by Crippen LogP contribution is -2.03. The fraction of sp³-hybridized carbons (Fsp3) is 0.400. The predicted octanol–water partition coefficient (Wildman–Crippen LogP) is 3.47. The molecule has 1 aromatic heterocycles. The lowest BCUT2D eigenvalue weighted by Gasteiger charge is -2.10. The molecule has 19 heavy (non-hydrogen) atoms. The Balaban J connectivity index is 2.01. The number of para-hydroxylation sites is 1. The Morgan fingerprint density at radius 3 is 2.79 bits per heavy atom. The van der Waals surface area contributed by atoms with Crippen LogP contribution in [0, 0.1) is 0 Å². The van der Waals surface area contributed by atoms with Crippen LogP contribution >= 0.6 is 0 Å². The molecule has 0 saturated heterocycles. The van der Waals surface area contributed by atoms with Crippen LogP contribution in [-0.4, -0.2) is 16.4 Å². The van der Waals surface area contributed by atoms with E-state index in [1.54, 1.807) is 0 Å². The lowest BCUT2D eigenvalue weighted by atomic mass is 10.2. The minimum absolute atomic E-state index is 0.381. The van der Waals surface area contributed by atoms with Crippen molar-refractivity contribution in [2.75, 3.05) is 11.9 Å². The largest absolute Gasteiger partial charge is 0.494 e. The number of hydrogen-bond donors (Lipinski definition) is 1. The van der Waals surface area contributed by atoms with E-state index < -0.39 is 0 Å². The second-order valence-corrected chi connectivity index (χ2v) is 4.70. The summed E-state index contributed by atoms with van der Waals surface area (Å²) in [7, 11) is 0. The summed E-state index contributed by atoms with van der Waals surface area (Å²) >= 11 is 0. The molecule has 4 nitrogen and oxygen atoms in total. The van der Waals surface area contributed by atoms with E-state index in [9.17, 15) is 0 Å². The normalized spacial score (nSPS) is 10.7. The summed E-state index contributed by atoms with van der Waals surface area (Å²) in [5, 5.41) is 7.68. The van der Waals surface area contributed by atoms with Gasteiger partial charge in [-0.1, -0.05) is 18.2 Å². The number of benzene rings is 1. The molecule has 0 saturated carbocycles. The van der Waals surface area contributed by atoms with E-state index in [1.807, 2.05) is 42.2 Å². The SMILES string of the molecule is CCOc1ccccc1CNc1cnn(C(C)C)c1. The molecule has 4 heteroatoms. The summed E-state index contributed by atoms with van der Waals surface area (Å²) in [5.74, 6) is 0.939. The van der Waals surface area contributed by atoms with Crippen LogP contribution in [0.1, 0.15) is 32.4 Å². The van der Waals surface area contributed by atoms with Crippen LogP contribution in [0.2, 0.25) is 0 Å². The van der Waals surface area contributed by atoms with Crippen LogP contribution in [0.15, 0.2) is 36.7 Å². The predicted molar refractivity (Wildman–Crippen MR) is 77.5 cm³/mol. The maximum atomic E-state index is 5.61. The molecule has 0 fully saturated rings. The van der Waals surface area contributed by atoms with Gasteiger partial charge in [-0.05, 0) is 26.8 Å². The number of hydrogen-bond acceptors (Lipinski definition) is 3. The van der Waals surface area contributed by atoms with Gasteiger partial charge in [-0.3, -0.25) is 4.68 Å². The Kier molecular flexibility index (Phi) is 4.44. The van der Waals surface area contributed by atoms with Crippen molar-refractivity contribution in [1.29, 1.82) is 0 Å². The molecule has 0 radical (unpaired) electrons. The van der Waals surface area contributed by atoms with E-state index >= 15 is 0 Å². The van der Waals surface area contributed by atoms with Crippen LogP contribution in [0.25, 0.3) is 0 Å². The first kappa shape index (κ1) is 13.5. The topological polar surface area (TPSA) is 39.1 Å². The second-order valence-electron chi connectivity index (χ2n) is 4.70. The average Bonchev–Trinajstić information content (AvgIpc) is 2.87. The van der Waals surface area contributed by atoms with Gasteiger partial charge in [0.05, 0.1) is 18.5 Å². The molecule has 0 aliphatic rings. The van der Waals surface area contributed by atoms with Gasteiger partial charge in [0.1, 0.15) is 5.75 Å². The van der Waals surface area contributed by atoms with Gasteiger partial charge in [-0.25, -0.2) is 0 Å². The summed E-state index contributed by atoms with van der Waals surface area (Å²) in [5.41, 5.74) is 2.18. The number of nitrogens with zero attached hydrogens (tertiary/aromatic N) is 2. The van der Waals surface area contributed by atoms with Crippen molar-refractivity contribution in [2.45, 2.75) is 33.4 Å². The summed E-state index contributed by atoms with van der Waals surface area (Å²) in [6.45, 7) is 7.64. The van der Waals surface area contributed by atoms with Crippen molar-refractivity contribution in [3.05, 3.63) is 42.2 Å². The van der Waals surface area contributed by atoms with Gasteiger partial charge in [0, 0.05) is 24.3 Å². The molecule has 2 rings (SSSR count). The summed E-state index contributed by atoms with van der Waals surface area (Å²) in [6.07, 6.45) is 3.87. The molecule has 0 aliphatic heterocycles. The monoisotopic (exact) mass is 259 g/mol. The molecular formula is C15H21N3O. The maximum Gasteiger partial charge on any atom is 0.124 e. The average molecular weight is 259 g/mol.